The van der Waals surface area contributed by atoms with E-state index >= 15 is 0 Å². The van der Waals surface area contributed by atoms with Crippen molar-refractivity contribution < 1.29 is 10.0 Å². The minimum absolute atomic E-state index is 0.407. The van der Waals surface area contributed by atoms with E-state index in [1.165, 1.54) is 21.8 Å². The third-order valence-electron chi connectivity index (χ3n) is 8.12. The molecule has 5 nitrogen and oxygen atoms in total. The second-order valence-corrected chi connectivity index (χ2v) is 10.6. The maximum Gasteiger partial charge on any atom is 0.490 e. The van der Waals surface area contributed by atoms with Crippen molar-refractivity contribution in [3.63, 3.8) is 0 Å². The molecule has 42 heavy (non-hydrogen) atoms. The monoisotopic (exact) mass is 543 g/mol. The third kappa shape index (κ3) is 3.81. The molecule has 2 aromatic heterocycles. The third-order valence-corrected chi connectivity index (χ3v) is 8.12. The molecular formula is C36H26BN3O2. The van der Waals surface area contributed by atoms with E-state index < -0.39 is 7.12 Å². The van der Waals surface area contributed by atoms with E-state index in [0.29, 0.717) is 11.2 Å². The lowest BCUT2D eigenvalue weighted by molar-refractivity contribution is 0.426. The second-order valence-electron chi connectivity index (χ2n) is 10.6. The first-order valence-electron chi connectivity index (χ1n) is 14.0. The van der Waals surface area contributed by atoms with E-state index in [2.05, 4.69) is 99.4 Å². The maximum absolute atomic E-state index is 10.3. The largest absolute Gasteiger partial charge is 0.490 e. The molecule has 0 unspecified atom stereocenters. The van der Waals surface area contributed by atoms with Gasteiger partial charge in [-0.2, -0.15) is 0 Å². The lowest BCUT2D eigenvalue weighted by Gasteiger charge is -2.15. The van der Waals surface area contributed by atoms with E-state index in [0.717, 1.165) is 38.9 Å². The minimum atomic E-state index is -1.63. The smallest absolute Gasteiger partial charge is 0.423 e. The zero-order chi connectivity index (χ0) is 28.2. The molecule has 2 heterocycles. The van der Waals surface area contributed by atoms with Crippen molar-refractivity contribution in [2.24, 2.45) is 0 Å². The molecule has 0 saturated carbocycles. The van der Waals surface area contributed by atoms with Crippen molar-refractivity contribution >= 4 is 67.6 Å². The van der Waals surface area contributed by atoms with Crippen molar-refractivity contribution in [1.82, 2.24) is 9.13 Å². The van der Waals surface area contributed by atoms with Crippen LogP contribution in [0.5, 0.6) is 0 Å². The number of nitrogens with one attached hydrogen (secondary N) is 1. The highest BCUT2D eigenvalue weighted by atomic mass is 16.4. The zero-order valence-corrected chi connectivity index (χ0v) is 22.6. The molecule has 0 saturated heterocycles. The van der Waals surface area contributed by atoms with E-state index in [4.69, 9.17) is 0 Å². The van der Waals surface area contributed by atoms with Gasteiger partial charge in [0.15, 0.2) is 0 Å². The van der Waals surface area contributed by atoms with Gasteiger partial charge in [0.1, 0.15) is 0 Å². The SMILES string of the molecule is OB(O)c1cc(-n2c3ccccc3c3cc(-n4c5ccccc5c5ccccc54)ccc32)ccc1Nc1ccccc1. The molecular weight excluding hydrogens is 517 g/mol. The summed E-state index contributed by atoms with van der Waals surface area (Å²) in [5, 5.41) is 28.7. The highest BCUT2D eigenvalue weighted by molar-refractivity contribution is 6.60. The Morgan fingerprint density at radius 1 is 0.452 bits per heavy atom. The van der Waals surface area contributed by atoms with Crippen LogP contribution in [0.15, 0.2) is 140 Å². The van der Waals surface area contributed by atoms with Gasteiger partial charge in [0, 0.05) is 49.8 Å². The van der Waals surface area contributed by atoms with Gasteiger partial charge in [0.25, 0.3) is 0 Å². The van der Waals surface area contributed by atoms with E-state index in [1.54, 1.807) is 0 Å². The molecule has 6 heteroatoms. The van der Waals surface area contributed by atoms with Crippen LogP contribution in [0.2, 0.25) is 0 Å². The number of rotatable bonds is 5. The van der Waals surface area contributed by atoms with Gasteiger partial charge in [-0.05, 0) is 66.7 Å². The van der Waals surface area contributed by atoms with Crippen molar-refractivity contribution in [1.29, 1.82) is 0 Å². The van der Waals surface area contributed by atoms with Crippen molar-refractivity contribution in [3.05, 3.63) is 140 Å². The fourth-order valence-electron chi connectivity index (χ4n) is 6.27. The van der Waals surface area contributed by atoms with Gasteiger partial charge >= 0.3 is 7.12 Å². The number of anilines is 2. The van der Waals surface area contributed by atoms with Crippen LogP contribution in [0.25, 0.3) is 55.0 Å². The minimum Gasteiger partial charge on any atom is -0.423 e. The Hall–Kier alpha value is -5.30. The summed E-state index contributed by atoms with van der Waals surface area (Å²) in [4.78, 5) is 0. The molecule has 200 valence electrons. The average molecular weight is 543 g/mol. The molecule has 8 rings (SSSR count). The van der Waals surface area contributed by atoms with Crippen LogP contribution < -0.4 is 10.8 Å². The first kappa shape index (κ1) is 24.5. The summed E-state index contributed by atoms with van der Waals surface area (Å²) in [6.45, 7) is 0. The van der Waals surface area contributed by atoms with Gasteiger partial charge in [-0.25, -0.2) is 0 Å². The first-order valence-corrected chi connectivity index (χ1v) is 14.0. The predicted octanol–water partition coefficient (Wildman–Crippen LogP) is 7.30. The average Bonchev–Trinajstić information content (AvgIpc) is 3.54. The summed E-state index contributed by atoms with van der Waals surface area (Å²) in [6, 6.07) is 47.5. The molecule has 0 bridgehead atoms. The van der Waals surface area contributed by atoms with Crippen molar-refractivity contribution in [3.8, 4) is 11.4 Å². The van der Waals surface area contributed by atoms with Gasteiger partial charge in [-0.15, -0.1) is 0 Å². The Bertz CT molecular complexity index is 2210. The molecule has 0 spiro atoms. The van der Waals surface area contributed by atoms with E-state index in [1.807, 2.05) is 54.6 Å². The molecule has 0 fully saturated rings. The van der Waals surface area contributed by atoms with Gasteiger partial charge in [0.2, 0.25) is 0 Å². The van der Waals surface area contributed by atoms with Crippen LogP contribution in [0, 0.1) is 0 Å². The number of nitrogens with zero attached hydrogens (tertiary/aromatic N) is 2. The number of para-hydroxylation sites is 4. The van der Waals surface area contributed by atoms with Crippen LogP contribution in [0.3, 0.4) is 0 Å². The Morgan fingerprint density at radius 3 is 1.52 bits per heavy atom. The fraction of sp³-hybridized carbons (Fsp3) is 0. The van der Waals surface area contributed by atoms with Crippen LogP contribution in [-0.4, -0.2) is 26.3 Å². The topological polar surface area (TPSA) is 62.4 Å². The Labute approximate surface area is 242 Å². The molecule has 0 aliphatic rings. The lowest BCUT2D eigenvalue weighted by atomic mass is 9.78. The lowest BCUT2D eigenvalue weighted by Crippen LogP contribution is -2.32. The molecule has 0 atom stereocenters. The standard InChI is InChI=1S/C36H26BN3O2/c41-37(42)31-23-26(18-20-32(31)38-24-10-2-1-3-11-24)40-35-17-9-6-14-29(35)30-22-25(19-21-36(30)40)39-33-15-7-4-12-27(33)28-13-5-8-16-34(28)39/h1-23,38,41-42H. The summed E-state index contributed by atoms with van der Waals surface area (Å²) in [5.41, 5.74) is 8.32. The number of fused-ring (bicyclic) bond motifs is 6. The van der Waals surface area contributed by atoms with Gasteiger partial charge < -0.3 is 24.5 Å². The summed E-state index contributed by atoms with van der Waals surface area (Å²) >= 11 is 0. The fourth-order valence-corrected chi connectivity index (χ4v) is 6.27. The van der Waals surface area contributed by atoms with Crippen LogP contribution in [0.1, 0.15) is 0 Å². The second kappa shape index (κ2) is 9.66. The zero-order valence-electron chi connectivity index (χ0n) is 22.6. The number of hydrogen-bond donors (Lipinski definition) is 3. The van der Waals surface area contributed by atoms with Crippen LogP contribution in [0.4, 0.5) is 11.4 Å². The number of aromatic nitrogens is 2. The Balaban J connectivity index is 1.33. The molecule has 8 aromatic rings. The highest BCUT2D eigenvalue weighted by Crippen LogP contribution is 2.36. The quantitative estimate of drug-likeness (QED) is 0.200. The van der Waals surface area contributed by atoms with Gasteiger partial charge in [-0.1, -0.05) is 72.8 Å². The summed E-state index contributed by atoms with van der Waals surface area (Å²) in [7, 11) is -1.63. The molecule has 0 amide bonds. The van der Waals surface area contributed by atoms with E-state index in [9.17, 15) is 10.0 Å². The predicted molar refractivity (Wildman–Crippen MR) is 175 cm³/mol. The first-order chi connectivity index (χ1) is 20.7. The van der Waals surface area contributed by atoms with E-state index in [-0.39, 0.29) is 0 Å². The summed E-state index contributed by atoms with van der Waals surface area (Å²) in [6.07, 6.45) is 0. The summed E-state index contributed by atoms with van der Waals surface area (Å²) < 4.78 is 4.53. The number of benzene rings is 6. The normalized spacial score (nSPS) is 11.6. The molecule has 0 radical (unpaired) electrons. The Morgan fingerprint density at radius 2 is 0.929 bits per heavy atom. The summed E-state index contributed by atoms with van der Waals surface area (Å²) in [5.74, 6) is 0. The van der Waals surface area contributed by atoms with Crippen LogP contribution in [-0.2, 0) is 0 Å². The van der Waals surface area contributed by atoms with Crippen molar-refractivity contribution in [2.75, 3.05) is 5.32 Å². The van der Waals surface area contributed by atoms with Crippen molar-refractivity contribution in [2.45, 2.75) is 0 Å². The number of hydrogen-bond acceptors (Lipinski definition) is 3. The molecule has 3 N–H and O–H groups in total. The molecule has 6 aromatic carbocycles. The Kier molecular flexibility index (Phi) is 5.64. The molecule has 0 aliphatic carbocycles. The van der Waals surface area contributed by atoms with Crippen LogP contribution >= 0.6 is 0 Å². The maximum atomic E-state index is 10.3. The molecule has 0 aliphatic heterocycles. The van der Waals surface area contributed by atoms with Gasteiger partial charge in [-0.3, -0.25) is 0 Å². The highest BCUT2D eigenvalue weighted by Gasteiger charge is 2.20. The van der Waals surface area contributed by atoms with Gasteiger partial charge in [0.05, 0.1) is 22.1 Å².